The molecule has 1 heterocycles. The van der Waals surface area contributed by atoms with Crippen LogP contribution in [0.4, 0.5) is 10.1 Å². The van der Waals surface area contributed by atoms with Crippen LogP contribution in [0.1, 0.15) is 5.56 Å². The Kier molecular flexibility index (Phi) is 4.13. The lowest BCUT2D eigenvalue weighted by atomic mass is 10.2. The number of aldehydes is 1. The molecule has 0 radical (unpaired) electrons. The van der Waals surface area contributed by atoms with Gasteiger partial charge < -0.3 is 0 Å². The minimum absolute atomic E-state index is 0.149. The number of halogens is 3. The number of carbonyl (C=O) groups excluding carboxylic acids is 1. The Bertz CT molecular complexity index is 731. The molecule has 2 aromatic rings. The van der Waals surface area contributed by atoms with Gasteiger partial charge in [-0.3, -0.25) is 15.2 Å². The number of amidine groups is 1. The summed E-state index contributed by atoms with van der Waals surface area (Å²) in [4.78, 5) is 15.5. The standard InChI is InChI=1S/C15H10BrClFN3O/c16-9-4-6-10(7-5-9)21-13(8-22)19-15(20-21)14-11(17)2-1-3-12(14)18/h1-8,13H,(H,19,20). The summed E-state index contributed by atoms with van der Waals surface area (Å²) in [5.41, 5.74) is 3.81. The Morgan fingerprint density at radius 3 is 2.64 bits per heavy atom. The smallest absolute Gasteiger partial charge is 0.197 e. The summed E-state index contributed by atoms with van der Waals surface area (Å²) in [6.07, 6.45) is -0.108. The Balaban J connectivity index is 1.97. The van der Waals surface area contributed by atoms with Crippen LogP contribution in [0.3, 0.4) is 0 Å². The number of hydrazine groups is 1. The van der Waals surface area contributed by atoms with Gasteiger partial charge in [0.15, 0.2) is 18.3 Å². The van der Waals surface area contributed by atoms with Crippen LogP contribution in [0.5, 0.6) is 0 Å². The molecule has 0 aromatic heterocycles. The van der Waals surface area contributed by atoms with Gasteiger partial charge in [-0.05, 0) is 36.4 Å². The molecule has 112 valence electrons. The molecule has 0 fully saturated rings. The second-order valence-corrected chi connectivity index (χ2v) is 5.91. The maximum Gasteiger partial charge on any atom is 0.197 e. The molecule has 0 spiro atoms. The third-order valence-corrected chi connectivity index (χ3v) is 4.02. The van der Waals surface area contributed by atoms with Crippen molar-refractivity contribution in [1.29, 1.82) is 0 Å². The first-order valence-corrected chi connectivity index (χ1v) is 7.56. The quantitative estimate of drug-likeness (QED) is 0.826. The van der Waals surface area contributed by atoms with Crippen molar-refractivity contribution < 1.29 is 9.18 Å². The van der Waals surface area contributed by atoms with E-state index in [-0.39, 0.29) is 16.4 Å². The van der Waals surface area contributed by atoms with Gasteiger partial charge in [-0.2, -0.15) is 0 Å². The number of hydrogen-bond acceptors (Lipinski definition) is 4. The number of nitrogens with zero attached hydrogens (tertiary/aromatic N) is 2. The van der Waals surface area contributed by atoms with E-state index in [0.717, 1.165) is 10.2 Å². The highest BCUT2D eigenvalue weighted by Crippen LogP contribution is 2.25. The predicted octanol–water partition coefficient (Wildman–Crippen LogP) is 3.54. The van der Waals surface area contributed by atoms with Crippen molar-refractivity contribution in [1.82, 2.24) is 5.43 Å². The summed E-state index contributed by atoms with van der Waals surface area (Å²) < 4.78 is 14.9. The van der Waals surface area contributed by atoms with Gasteiger partial charge in [0.2, 0.25) is 0 Å². The SMILES string of the molecule is O=CC1N=C(c2c(F)cccc2Cl)NN1c1ccc(Br)cc1. The predicted molar refractivity (Wildman–Crippen MR) is 87.6 cm³/mol. The Hall–Kier alpha value is -1.92. The van der Waals surface area contributed by atoms with Crippen LogP contribution < -0.4 is 10.4 Å². The number of rotatable bonds is 3. The van der Waals surface area contributed by atoms with Crippen molar-refractivity contribution >= 4 is 45.3 Å². The fourth-order valence-corrected chi connectivity index (χ4v) is 2.67. The molecule has 1 aliphatic heterocycles. The number of aliphatic imine (C=N–C) groups is 1. The van der Waals surface area contributed by atoms with Gasteiger partial charge in [0.25, 0.3) is 0 Å². The van der Waals surface area contributed by atoms with E-state index >= 15 is 0 Å². The first kappa shape index (κ1) is 15.0. The van der Waals surface area contributed by atoms with Crippen molar-refractivity contribution in [3.63, 3.8) is 0 Å². The number of anilines is 1. The van der Waals surface area contributed by atoms with Crippen LogP contribution >= 0.6 is 27.5 Å². The van der Waals surface area contributed by atoms with E-state index in [1.165, 1.54) is 12.1 Å². The molecule has 0 saturated heterocycles. The Morgan fingerprint density at radius 1 is 1.27 bits per heavy atom. The molecule has 1 unspecified atom stereocenters. The fraction of sp³-hybridized carbons (Fsp3) is 0.0667. The molecular weight excluding hydrogens is 373 g/mol. The molecular formula is C15H10BrClFN3O. The third kappa shape index (κ3) is 2.71. The second kappa shape index (κ2) is 6.06. The highest BCUT2D eigenvalue weighted by Gasteiger charge is 2.29. The van der Waals surface area contributed by atoms with Gasteiger partial charge in [-0.1, -0.05) is 33.6 Å². The van der Waals surface area contributed by atoms with E-state index in [9.17, 15) is 9.18 Å². The highest BCUT2D eigenvalue weighted by atomic mass is 79.9. The Morgan fingerprint density at radius 2 is 2.00 bits per heavy atom. The number of hydrogen-bond donors (Lipinski definition) is 1. The minimum Gasteiger partial charge on any atom is -0.299 e. The first-order chi connectivity index (χ1) is 10.6. The largest absolute Gasteiger partial charge is 0.299 e. The molecule has 1 aliphatic rings. The van der Waals surface area contributed by atoms with E-state index in [4.69, 9.17) is 11.6 Å². The van der Waals surface area contributed by atoms with Crippen molar-refractivity contribution in [2.24, 2.45) is 4.99 Å². The number of benzene rings is 2. The van der Waals surface area contributed by atoms with Gasteiger partial charge in [0, 0.05) is 4.47 Å². The van der Waals surface area contributed by atoms with Gasteiger partial charge in [-0.25, -0.2) is 9.38 Å². The van der Waals surface area contributed by atoms with Gasteiger partial charge in [0.05, 0.1) is 16.3 Å². The number of carbonyl (C=O) groups is 1. The number of nitrogens with one attached hydrogen (secondary N) is 1. The summed E-state index contributed by atoms with van der Waals surface area (Å²) in [6, 6.07) is 11.7. The van der Waals surface area contributed by atoms with Crippen LogP contribution in [0.2, 0.25) is 5.02 Å². The third-order valence-electron chi connectivity index (χ3n) is 3.18. The minimum atomic E-state index is -0.785. The lowest BCUT2D eigenvalue weighted by Gasteiger charge is -2.22. The molecule has 3 rings (SSSR count). The average Bonchev–Trinajstić information content (AvgIpc) is 2.92. The molecule has 0 bridgehead atoms. The van der Waals surface area contributed by atoms with Gasteiger partial charge in [-0.15, -0.1) is 0 Å². The first-order valence-electron chi connectivity index (χ1n) is 6.39. The highest BCUT2D eigenvalue weighted by molar-refractivity contribution is 9.10. The zero-order valence-electron chi connectivity index (χ0n) is 11.1. The van der Waals surface area contributed by atoms with E-state index < -0.39 is 12.0 Å². The van der Waals surface area contributed by atoms with E-state index in [0.29, 0.717) is 6.29 Å². The maximum atomic E-state index is 14.0. The Labute approximate surface area is 139 Å². The van der Waals surface area contributed by atoms with E-state index in [1.54, 1.807) is 11.1 Å². The van der Waals surface area contributed by atoms with Gasteiger partial charge in [0.1, 0.15) is 5.82 Å². The second-order valence-electron chi connectivity index (χ2n) is 4.58. The molecule has 1 atom stereocenters. The van der Waals surface area contributed by atoms with Crippen LogP contribution in [-0.4, -0.2) is 18.3 Å². The maximum absolute atomic E-state index is 14.0. The lowest BCUT2D eigenvalue weighted by Crippen LogP contribution is -2.42. The lowest BCUT2D eigenvalue weighted by molar-refractivity contribution is -0.108. The molecule has 2 aromatic carbocycles. The van der Waals surface area contributed by atoms with E-state index in [2.05, 4.69) is 26.3 Å². The van der Waals surface area contributed by atoms with Crippen LogP contribution in [-0.2, 0) is 4.79 Å². The van der Waals surface area contributed by atoms with Crippen molar-refractivity contribution in [2.75, 3.05) is 5.01 Å². The summed E-state index contributed by atoms with van der Waals surface area (Å²) in [5.74, 6) is -0.274. The molecule has 7 heteroatoms. The van der Waals surface area contributed by atoms with Crippen LogP contribution in [0, 0.1) is 5.82 Å². The van der Waals surface area contributed by atoms with Crippen molar-refractivity contribution in [3.05, 3.63) is 63.3 Å². The zero-order valence-corrected chi connectivity index (χ0v) is 13.5. The monoisotopic (exact) mass is 381 g/mol. The summed E-state index contributed by atoms with van der Waals surface area (Å²) >= 11 is 9.39. The zero-order chi connectivity index (χ0) is 15.7. The summed E-state index contributed by atoms with van der Waals surface area (Å²) in [5, 5.41) is 1.78. The van der Waals surface area contributed by atoms with Crippen LogP contribution in [0.15, 0.2) is 51.9 Å². The molecule has 0 saturated carbocycles. The van der Waals surface area contributed by atoms with Crippen LogP contribution in [0.25, 0.3) is 0 Å². The van der Waals surface area contributed by atoms with E-state index in [1.807, 2.05) is 24.3 Å². The molecule has 22 heavy (non-hydrogen) atoms. The fourth-order valence-electron chi connectivity index (χ4n) is 2.15. The normalized spacial score (nSPS) is 17.1. The molecule has 1 N–H and O–H groups in total. The van der Waals surface area contributed by atoms with Crippen molar-refractivity contribution in [2.45, 2.75) is 6.17 Å². The summed E-state index contributed by atoms with van der Waals surface area (Å²) in [7, 11) is 0. The molecule has 0 aliphatic carbocycles. The average molecular weight is 383 g/mol. The van der Waals surface area contributed by atoms with Crippen molar-refractivity contribution in [3.8, 4) is 0 Å². The topological polar surface area (TPSA) is 44.7 Å². The summed E-state index contributed by atoms with van der Waals surface area (Å²) in [6.45, 7) is 0. The molecule has 4 nitrogen and oxygen atoms in total. The van der Waals surface area contributed by atoms with Gasteiger partial charge >= 0.3 is 0 Å². The molecule has 0 amide bonds.